The summed E-state index contributed by atoms with van der Waals surface area (Å²) < 4.78 is 16.6. The Balaban J connectivity index is 2.23. The first-order chi connectivity index (χ1) is 11.4. The molecule has 0 radical (unpaired) electrons. The Kier molecular flexibility index (Phi) is 3.92. The van der Waals surface area contributed by atoms with Gasteiger partial charge in [-0.3, -0.25) is 18.7 Å². The van der Waals surface area contributed by atoms with Gasteiger partial charge in [-0.2, -0.15) is 0 Å². The number of carboxylic acids is 1. The number of aliphatic carboxylic acids is 1. The Morgan fingerprint density at radius 1 is 1.33 bits per heavy atom. The van der Waals surface area contributed by atoms with Gasteiger partial charge in [0.2, 0.25) is 0 Å². The smallest absolute Gasteiger partial charge is 0.305 e. The Hall–Kier alpha value is -2.96. The second-order valence-electron chi connectivity index (χ2n) is 5.61. The van der Waals surface area contributed by atoms with E-state index in [4.69, 9.17) is 5.11 Å². The van der Waals surface area contributed by atoms with Crippen molar-refractivity contribution in [1.29, 1.82) is 0 Å². The number of aromatic nitrogens is 3. The molecule has 7 heteroatoms. The fourth-order valence-corrected chi connectivity index (χ4v) is 2.79. The molecule has 0 aliphatic heterocycles. The summed E-state index contributed by atoms with van der Waals surface area (Å²) in [5, 5.41) is 9.20. The van der Waals surface area contributed by atoms with Gasteiger partial charge in [0.15, 0.2) is 5.65 Å². The zero-order valence-corrected chi connectivity index (χ0v) is 13.3. The zero-order valence-electron chi connectivity index (χ0n) is 13.3. The molecule has 2 heterocycles. The SMILES string of the molecule is Cc1c(C)n(-c2cccc(F)c2)c2ncn(CCC(=O)O)c(=O)c12. The van der Waals surface area contributed by atoms with E-state index in [9.17, 15) is 14.0 Å². The van der Waals surface area contributed by atoms with Crippen molar-refractivity contribution in [3.8, 4) is 5.69 Å². The topological polar surface area (TPSA) is 77.1 Å². The molecule has 24 heavy (non-hydrogen) atoms. The monoisotopic (exact) mass is 329 g/mol. The predicted octanol–water partition coefficient (Wildman–Crippen LogP) is 2.42. The lowest BCUT2D eigenvalue weighted by Crippen LogP contribution is -2.22. The number of benzene rings is 1. The molecular formula is C17H16FN3O3. The molecule has 0 fully saturated rings. The lowest BCUT2D eigenvalue weighted by atomic mass is 10.2. The molecule has 0 amide bonds. The van der Waals surface area contributed by atoms with Crippen LogP contribution in [-0.2, 0) is 11.3 Å². The first kappa shape index (κ1) is 15.9. The van der Waals surface area contributed by atoms with E-state index in [1.54, 1.807) is 23.6 Å². The number of rotatable bonds is 4. The fourth-order valence-electron chi connectivity index (χ4n) is 2.79. The fraction of sp³-hybridized carbons (Fsp3) is 0.235. The van der Waals surface area contributed by atoms with Crippen molar-refractivity contribution in [2.75, 3.05) is 0 Å². The van der Waals surface area contributed by atoms with Crippen LogP contribution < -0.4 is 5.56 Å². The lowest BCUT2D eigenvalue weighted by Gasteiger charge is -2.08. The van der Waals surface area contributed by atoms with E-state index < -0.39 is 5.97 Å². The van der Waals surface area contributed by atoms with Crippen LogP contribution in [0.3, 0.4) is 0 Å². The second-order valence-corrected chi connectivity index (χ2v) is 5.61. The second kappa shape index (κ2) is 5.92. The molecular weight excluding hydrogens is 313 g/mol. The van der Waals surface area contributed by atoms with Gasteiger partial charge in [-0.05, 0) is 37.6 Å². The van der Waals surface area contributed by atoms with Crippen molar-refractivity contribution < 1.29 is 14.3 Å². The lowest BCUT2D eigenvalue weighted by molar-refractivity contribution is -0.137. The quantitative estimate of drug-likeness (QED) is 0.797. The summed E-state index contributed by atoms with van der Waals surface area (Å²) in [6.45, 7) is 3.70. The van der Waals surface area contributed by atoms with Crippen LogP contribution in [0.1, 0.15) is 17.7 Å². The first-order valence-corrected chi connectivity index (χ1v) is 7.45. The summed E-state index contributed by atoms with van der Waals surface area (Å²) in [5.74, 6) is -1.35. The number of hydrogen-bond donors (Lipinski definition) is 1. The van der Waals surface area contributed by atoms with Gasteiger partial charge in [-0.25, -0.2) is 9.37 Å². The van der Waals surface area contributed by atoms with Crippen LogP contribution in [0.15, 0.2) is 35.4 Å². The van der Waals surface area contributed by atoms with E-state index in [1.807, 2.05) is 6.92 Å². The van der Waals surface area contributed by atoms with Crippen LogP contribution in [0.4, 0.5) is 4.39 Å². The number of hydrogen-bond acceptors (Lipinski definition) is 3. The molecule has 0 bridgehead atoms. The van der Waals surface area contributed by atoms with Gasteiger partial charge in [-0.15, -0.1) is 0 Å². The third-order valence-electron chi connectivity index (χ3n) is 4.12. The van der Waals surface area contributed by atoms with Crippen LogP contribution in [0.5, 0.6) is 0 Å². The molecule has 1 aromatic carbocycles. The molecule has 0 aliphatic carbocycles. The molecule has 0 unspecified atom stereocenters. The summed E-state index contributed by atoms with van der Waals surface area (Å²) in [5.41, 5.74) is 2.26. The minimum Gasteiger partial charge on any atom is -0.481 e. The van der Waals surface area contributed by atoms with Crippen molar-refractivity contribution in [3.05, 3.63) is 58.0 Å². The van der Waals surface area contributed by atoms with Crippen LogP contribution in [0.2, 0.25) is 0 Å². The van der Waals surface area contributed by atoms with Crippen LogP contribution >= 0.6 is 0 Å². The van der Waals surface area contributed by atoms with E-state index in [1.165, 1.54) is 23.0 Å². The number of aryl methyl sites for hydroxylation is 2. The Labute approximate surface area is 136 Å². The number of fused-ring (bicyclic) bond motifs is 1. The van der Waals surface area contributed by atoms with Crippen LogP contribution in [-0.4, -0.2) is 25.2 Å². The number of carbonyl (C=O) groups is 1. The average molecular weight is 329 g/mol. The van der Waals surface area contributed by atoms with Gasteiger partial charge in [0.25, 0.3) is 5.56 Å². The number of halogens is 1. The van der Waals surface area contributed by atoms with Crippen molar-refractivity contribution in [2.24, 2.45) is 0 Å². The molecule has 0 saturated heterocycles. The van der Waals surface area contributed by atoms with Gasteiger partial charge in [0, 0.05) is 12.2 Å². The van der Waals surface area contributed by atoms with Crippen molar-refractivity contribution in [3.63, 3.8) is 0 Å². The number of carboxylic acid groups (broad SMARTS) is 1. The maximum atomic E-state index is 13.6. The van der Waals surface area contributed by atoms with Crippen LogP contribution in [0.25, 0.3) is 16.7 Å². The predicted molar refractivity (Wildman–Crippen MR) is 87.0 cm³/mol. The van der Waals surface area contributed by atoms with E-state index in [2.05, 4.69) is 4.98 Å². The van der Waals surface area contributed by atoms with E-state index in [0.29, 0.717) is 16.7 Å². The van der Waals surface area contributed by atoms with Crippen molar-refractivity contribution >= 4 is 17.0 Å². The molecule has 3 aromatic rings. The first-order valence-electron chi connectivity index (χ1n) is 7.45. The van der Waals surface area contributed by atoms with Gasteiger partial charge in [0.1, 0.15) is 5.82 Å². The summed E-state index contributed by atoms with van der Waals surface area (Å²) in [7, 11) is 0. The summed E-state index contributed by atoms with van der Waals surface area (Å²) in [6, 6.07) is 6.07. The average Bonchev–Trinajstić information content (AvgIpc) is 2.78. The van der Waals surface area contributed by atoms with E-state index in [0.717, 1.165) is 11.3 Å². The van der Waals surface area contributed by atoms with Crippen molar-refractivity contribution in [2.45, 2.75) is 26.8 Å². The molecule has 6 nitrogen and oxygen atoms in total. The molecule has 0 saturated carbocycles. The third-order valence-corrected chi connectivity index (χ3v) is 4.12. The highest BCUT2D eigenvalue weighted by atomic mass is 19.1. The molecule has 1 N–H and O–H groups in total. The highest BCUT2D eigenvalue weighted by Crippen LogP contribution is 2.25. The van der Waals surface area contributed by atoms with Gasteiger partial charge in [0.05, 0.1) is 23.8 Å². The standard InChI is InChI=1S/C17H16FN3O3/c1-10-11(2)21(13-5-3-4-12(18)8-13)16-15(10)17(24)20(9-19-16)7-6-14(22)23/h3-5,8-9H,6-7H2,1-2H3,(H,22,23). The Morgan fingerprint density at radius 3 is 2.75 bits per heavy atom. The van der Waals surface area contributed by atoms with Gasteiger partial charge >= 0.3 is 5.97 Å². The third kappa shape index (κ3) is 2.58. The summed E-state index contributed by atoms with van der Waals surface area (Å²) >= 11 is 0. The zero-order chi connectivity index (χ0) is 17.4. The Bertz CT molecular complexity index is 1000. The minimum atomic E-state index is -0.979. The largest absolute Gasteiger partial charge is 0.481 e. The van der Waals surface area contributed by atoms with Crippen molar-refractivity contribution in [1.82, 2.24) is 14.1 Å². The molecule has 3 rings (SSSR count). The summed E-state index contributed by atoms with van der Waals surface area (Å²) in [4.78, 5) is 27.7. The maximum Gasteiger partial charge on any atom is 0.305 e. The molecule has 124 valence electrons. The van der Waals surface area contributed by atoms with E-state index in [-0.39, 0.29) is 24.3 Å². The van der Waals surface area contributed by atoms with E-state index >= 15 is 0 Å². The van der Waals surface area contributed by atoms with Gasteiger partial charge in [-0.1, -0.05) is 6.07 Å². The minimum absolute atomic E-state index is 0.0563. The van der Waals surface area contributed by atoms with Gasteiger partial charge < -0.3 is 5.11 Å². The molecule has 2 aromatic heterocycles. The highest BCUT2D eigenvalue weighted by molar-refractivity contribution is 5.82. The Morgan fingerprint density at radius 2 is 2.08 bits per heavy atom. The number of nitrogens with zero attached hydrogens (tertiary/aromatic N) is 3. The van der Waals surface area contributed by atoms with Crippen LogP contribution in [0, 0.1) is 19.7 Å². The summed E-state index contributed by atoms with van der Waals surface area (Å²) in [6.07, 6.45) is 1.18. The normalized spacial score (nSPS) is 11.1. The molecule has 0 spiro atoms. The highest BCUT2D eigenvalue weighted by Gasteiger charge is 2.18. The molecule has 0 aliphatic rings. The molecule has 0 atom stereocenters. The maximum absolute atomic E-state index is 13.6.